The molecule has 5 nitrogen and oxygen atoms in total. The van der Waals surface area contributed by atoms with Crippen LogP contribution in [0.5, 0.6) is 0 Å². The lowest BCUT2D eigenvalue weighted by Crippen LogP contribution is -2.30. The quantitative estimate of drug-likeness (QED) is 0.734. The second-order valence-electron chi connectivity index (χ2n) is 2.51. The highest BCUT2D eigenvalue weighted by atomic mass is 19.3. The molecular weight excluding hydrogens is 184 g/mol. The maximum atomic E-state index is 12.6. The number of aromatic nitrogens is 3. The SMILES string of the molecule is Cn1ncc(CC(F)(F)C(=O)O)n1. The molecule has 0 unspecified atom stereocenters. The lowest BCUT2D eigenvalue weighted by atomic mass is 10.2. The number of aryl methyl sites for hydroxylation is 1. The average Bonchev–Trinajstić information content (AvgIpc) is 2.34. The van der Waals surface area contributed by atoms with Gasteiger partial charge in [-0.3, -0.25) is 0 Å². The molecule has 0 saturated carbocycles. The molecule has 0 aliphatic carbocycles. The van der Waals surface area contributed by atoms with Gasteiger partial charge in [0.1, 0.15) is 0 Å². The molecule has 0 aliphatic rings. The summed E-state index contributed by atoms with van der Waals surface area (Å²) in [6, 6.07) is 0. The van der Waals surface area contributed by atoms with Gasteiger partial charge in [-0.05, 0) is 0 Å². The number of rotatable bonds is 3. The number of hydrogen-bond donors (Lipinski definition) is 1. The van der Waals surface area contributed by atoms with Crippen LogP contribution in [-0.2, 0) is 18.3 Å². The first kappa shape index (κ1) is 9.56. The highest BCUT2D eigenvalue weighted by Gasteiger charge is 2.39. The van der Waals surface area contributed by atoms with Gasteiger partial charge in [0.05, 0.1) is 18.3 Å². The zero-order valence-corrected chi connectivity index (χ0v) is 6.74. The Hall–Kier alpha value is -1.53. The Morgan fingerprint density at radius 2 is 2.38 bits per heavy atom. The normalized spacial score (nSPS) is 11.6. The summed E-state index contributed by atoms with van der Waals surface area (Å²) in [5.74, 6) is -5.94. The fourth-order valence-corrected chi connectivity index (χ4v) is 0.772. The molecule has 0 bridgehead atoms. The van der Waals surface area contributed by atoms with Crippen molar-refractivity contribution < 1.29 is 18.7 Å². The summed E-state index contributed by atoms with van der Waals surface area (Å²) in [5.41, 5.74) is -0.0464. The zero-order valence-electron chi connectivity index (χ0n) is 6.74. The molecule has 0 fully saturated rings. The van der Waals surface area contributed by atoms with Crippen molar-refractivity contribution in [2.24, 2.45) is 7.05 Å². The molecule has 0 radical (unpaired) electrons. The molecule has 1 aromatic rings. The summed E-state index contributed by atoms with van der Waals surface area (Å²) < 4.78 is 25.1. The van der Waals surface area contributed by atoms with E-state index in [4.69, 9.17) is 5.11 Å². The topological polar surface area (TPSA) is 68.0 Å². The van der Waals surface area contributed by atoms with Crippen molar-refractivity contribution in [1.29, 1.82) is 0 Å². The molecule has 1 heterocycles. The average molecular weight is 191 g/mol. The number of hydrogen-bond acceptors (Lipinski definition) is 3. The largest absolute Gasteiger partial charge is 0.477 e. The lowest BCUT2D eigenvalue weighted by molar-refractivity contribution is -0.164. The van der Waals surface area contributed by atoms with Crippen molar-refractivity contribution in [1.82, 2.24) is 15.0 Å². The van der Waals surface area contributed by atoms with Crippen LogP contribution >= 0.6 is 0 Å². The first-order valence-corrected chi connectivity index (χ1v) is 3.38. The number of alkyl halides is 2. The summed E-state index contributed by atoms with van der Waals surface area (Å²) in [6.07, 6.45) is 0.174. The molecular formula is C6H7F2N3O2. The van der Waals surface area contributed by atoms with E-state index in [1.807, 2.05) is 0 Å². The van der Waals surface area contributed by atoms with Crippen molar-refractivity contribution in [2.75, 3.05) is 0 Å². The molecule has 0 amide bonds. The zero-order chi connectivity index (χ0) is 10.1. The summed E-state index contributed by atoms with van der Waals surface area (Å²) in [6.45, 7) is 0. The van der Waals surface area contributed by atoms with E-state index in [1.54, 1.807) is 0 Å². The Bertz CT molecular complexity index is 323. The summed E-state index contributed by atoms with van der Waals surface area (Å²) >= 11 is 0. The molecule has 1 N–H and O–H groups in total. The highest BCUT2D eigenvalue weighted by molar-refractivity contribution is 5.75. The van der Waals surface area contributed by atoms with Crippen LogP contribution in [0.1, 0.15) is 5.69 Å². The van der Waals surface area contributed by atoms with Gasteiger partial charge in [-0.1, -0.05) is 0 Å². The standard InChI is InChI=1S/C6H7F2N3O2/c1-11-9-3-4(10-11)2-6(7,8)5(12)13/h3H,2H2,1H3,(H,12,13). The molecule has 0 atom stereocenters. The van der Waals surface area contributed by atoms with Crippen molar-refractivity contribution >= 4 is 5.97 Å². The van der Waals surface area contributed by atoms with Crippen molar-refractivity contribution in [3.8, 4) is 0 Å². The van der Waals surface area contributed by atoms with Crippen LogP contribution in [-0.4, -0.2) is 32.0 Å². The minimum atomic E-state index is -3.78. The predicted molar refractivity (Wildman–Crippen MR) is 37.3 cm³/mol. The Morgan fingerprint density at radius 1 is 1.77 bits per heavy atom. The Labute approximate surface area is 72.0 Å². The van der Waals surface area contributed by atoms with Crippen LogP contribution in [0.4, 0.5) is 8.78 Å². The monoisotopic (exact) mass is 191 g/mol. The second-order valence-corrected chi connectivity index (χ2v) is 2.51. The first-order valence-electron chi connectivity index (χ1n) is 3.38. The minimum Gasteiger partial charge on any atom is -0.477 e. The Balaban J connectivity index is 2.74. The van der Waals surface area contributed by atoms with Gasteiger partial charge in [0.25, 0.3) is 0 Å². The van der Waals surface area contributed by atoms with Crippen LogP contribution in [0.2, 0.25) is 0 Å². The van der Waals surface area contributed by atoms with E-state index in [-0.39, 0.29) is 5.69 Å². The fraction of sp³-hybridized carbons (Fsp3) is 0.500. The van der Waals surface area contributed by atoms with E-state index in [0.29, 0.717) is 0 Å². The van der Waals surface area contributed by atoms with Gasteiger partial charge in [0, 0.05) is 7.05 Å². The number of nitrogens with zero attached hydrogens (tertiary/aromatic N) is 3. The third-order valence-electron chi connectivity index (χ3n) is 1.36. The number of aliphatic carboxylic acids is 1. The van der Waals surface area contributed by atoms with Crippen LogP contribution < -0.4 is 0 Å². The van der Waals surface area contributed by atoms with Crippen LogP contribution in [0, 0.1) is 0 Å². The molecule has 72 valence electrons. The molecule has 1 rings (SSSR count). The van der Waals surface area contributed by atoms with E-state index >= 15 is 0 Å². The third kappa shape index (κ3) is 2.20. The van der Waals surface area contributed by atoms with Gasteiger partial charge >= 0.3 is 11.9 Å². The maximum absolute atomic E-state index is 12.6. The van der Waals surface area contributed by atoms with Crippen molar-refractivity contribution in [2.45, 2.75) is 12.3 Å². The molecule has 0 spiro atoms. The maximum Gasteiger partial charge on any atom is 0.374 e. The predicted octanol–water partition coefficient (Wildman–Crippen LogP) is 0.0775. The van der Waals surface area contributed by atoms with E-state index in [9.17, 15) is 13.6 Å². The van der Waals surface area contributed by atoms with E-state index < -0.39 is 18.3 Å². The van der Waals surface area contributed by atoms with Crippen LogP contribution in [0.3, 0.4) is 0 Å². The van der Waals surface area contributed by atoms with E-state index in [1.165, 1.54) is 7.05 Å². The number of halogens is 2. The minimum absolute atomic E-state index is 0.0464. The first-order chi connectivity index (χ1) is 5.92. The number of carbonyl (C=O) groups is 1. The van der Waals surface area contributed by atoms with Crippen LogP contribution in [0.15, 0.2) is 6.20 Å². The molecule has 7 heteroatoms. The highest BCUT2D eigenvalue weighted by Crippen LogP contribution is 2.18. The third-order valence-corrected chi connectivity index (χ3v) is 1.36. The number of carboxylic acids is 1. The Morgan fingerprint density at radius 3 is 2.77 bits per heavy atom. The van der Waals surface area contributed by atoms with Gasteiger partial charge in [-0.25, -0.2) is 4.79 Å². The van der Waals surface area contributed by atoms with Gasteiger partial charge < -0.3 is 5.11 Å². The summed E-state index contributed by atoms with van der Waals surface area (Å²) in [5, 5.41) is 15.2. The number of carboxylic acid groups (broad SMARTS) is 1. The fourth-order valence-electron chi connectivity index (χ4n) is 0.772. The van der Waals surface area contributed by atoms with Gasteiger partial charge in [0.2, 0.25) is 0 Å². The van der Waals surface area contributed by atoms with Crippen molar-refractivity contribution in [3.63, 3.8) is 0 Å². The van der Waals surface area contributed by atoms with Crippen molar-refractivity contribution in [3.05, 3.63) is 11.9 Å². The Kier molecular flexibility index (Phi) is 2.26. The molecule has 0 aromatic carbocycles. The van der Waals surface area contributed by atoms with Gasteiger partial charge in [-0.15, -0.1) is 0 Å². The molecule has 0 aliphatic heterocycles. The van der Waals surface area contributed by atoms with Gasteiger partial charge in [0.15, 0.2) is 0 Å². The van der Waals surface area contributed by atoms with E-state index in [2.05, 4.69) is 10.2 Å². The summed E-state index contributed by atoms with van der Waals surface area (Å²) in [7, 11) is 1.46. The second kappa shape index (κ2) is 3.08. The van der Waals surface area contributed by atoms with Crippen LogP contribution in [0.25, 0.3) is 0 Å². The molecule has 1 aromatic heterocycles. The van der Waals surface area contributed by atoms with Gasteiger partial charge in [-0.2, -0.15) is 23.8 Å². The lowest BCUT2D eigenvalue weighted by Gasteiger charge is -2.07. The van der Waals surface area contributed by atoms with E-state index in [0.717, 1.165) is 11.0 Å². The molecule has 0 saturated heterocycles. The smallest absolute Gasteiger partial charge is 0.374 e. The summed E-state index contributed by atoms with van der Waals surface area (Å²) in [4.78, 5) is 11.1. The molecule has 13 heavy (non-hydrogen) atoms.